The van der Waals surface area contributed by atoms with E-state index >= 15 is 0 Å². The zero-order valence-corrected chi connectivity index (χ0v) is 14.1. The third kappa shape index (κ3) is 4.12. The maximum Gasteiger partial charge on any atom is 0.165 e. The Morgan fingerprint density at radius 2 is 1.91 bits per heavy atom. The third-order valence-electron chi connectivity index (χ3n) is 4.22. The first kappa shape index (κ1) is 17.1. The summed E-state index contributed by atoms with van der Waals surface area (Å²) < 4.78 is 16.3. The second kappa shape index (κ2) is 7.81. The SMILES string of the molecule is COc1cccc(CNCC(C)(C)N2CCOCC2)c1OC. The van der Waals surface area contributed by atoms with Gasteiger partial charge in [0.25, 0.3) is 0 Å². The number of methoxy groups -OCH3 is 2. The molecule has 1 fully saturated rings. The van der Waals surface area contributed by atoms with Gasteiger partial charge < -0.3 is 19.5 Å². The number of nitrogens with one attached hydrogen (secondary N) is 1. The van der Waals surface area contributed by atoms with E-state index in [-0.39, 0.29) is 5.54 Å². The lowest BCUT2D eigenvalue weighted by atomic mass is 10.0. The van der Waals surface area contributed by atoms with Gasteiger partial charge in [0.15, 0.2) is 11.5 Å². The zero-order valence-electron chi connectivity index (χ0n) is 14.1. The van der Waals surface area contributed by atoms with Crippen LogP contribution in [0, 0.1) is 0 Å². The molecule has 22 heavy (non-hydrogen) atoms. The molecule has 1 aliphatic rings. The van der Waals surface area contributed by atoms with E-state index in [1.807, 2.05) is 12.1 Å². The molecular weight excluding hydrogens is 280 g/mol. The maximum absolute atomic E-state index is 5.47. The molecule has 1 aliphatic heterocycles. The molecule has 0 aromatic heterocycles. The summed E-state index contributed by atoms with van der Waals surface area (Å²) in [6.45, 7) is 9.86. The molecule has 0 saturated carbocycles. The summed E-state index contributed by atoms with van der Waals surface area (Å²) in [5, 5.41) is 3.55. The average molecular weight is 308 g/mol. The molecule has 2 rings (SSSR count). The minimum atomic E-state index is 0.107. The monoisotopic (exact) mass is 308 g/mol. The molecule has 124 valence electrons. The van der Waals surface area contributed by atoms with Crippen molar-refractivity contribution in [2.45, 2.75) is 25.9 Å². The number of morpholine rings is 1. The van der Waals surface area contributed by atoms with Crippen LogP contribution in [0.3, 0.4) is 0 Å². The Hall–Kier alpha value is -1.30. The fraction of sp³-hybridized carbons (Fsp3) is 0.647. The number of nitrogens with zero attached hydrogens (tertiary/aromatic N) is 1. The number of para-hydroxylation sites is 1. The molecule has 0 radical (unpaired) electrons. The average Bonchev–Trinajstić information content (AvgIpc) is 2.55. The van der Waals surface area contributed by atoms with Crippen LogP contribution in [0.25, 0.3) is 0 Å². The predicted molar refractivity (Wildman–Crippen MR) is 87.7 cm³/mol. The Bertz CT molecular complexity index is 471. The lowest BCUT2D eigenvalue weighted by Gasteiger charge is -2.41. The largest absolute Gasteiger partial charge is 0.493 e. The summed E-state index contributed by atoms with van der Waals surface area (Å²) in [5.74, 6) is 1.58. The normalized spacial score (nSPS) is 16.5. The number of hydrogen-bond acceptors (Lipinski definition) is 5. The van der Waals surface area contributed by atoms with Gasteiger partial charge in [-0.3, -0.25) is 4.90 Å². The Morgan fingerprint density at radius 3 is 2.55 bits per heavy atom. The van der Waals surface area contributed by atoms with Gasteiger partial charge in [0.2, 0.25) is 0 Å². The molecule has 0 unspecified atom stereocenters. The van der Waals surface area contributed by atoms with Gasteiger partial charge in [-0.25, -0.2) is 0 Å². The van der Waals surface area contributed by atoms with Crippen molar-refractivity contribution in [2.75, 3.05) is 47.1 Å². The van der Waals surface area contributed by atoms with Crippen LogP contribution >= 0.6 is 0 Å². The van der Waals surface area contributed by atoms with Gasteiger partial charge in [-0.2, -0.15) is 0 Å². The van der Waals surface area contributed by atoms with E-state index in [9.17, 15) is 0 Å². The van der Waals surface area contributed by atoms with E-state index in [1.54, 1.807) is 14.2 Å². The van der Waals surface area contributed by atoms with Crippen LogP contribution in [0.2, 0.25) is 0 Å². The molecule has 0 bridgehead atoms. The van der Waals surface area contributed by atoms with E-state index in [1.165, 1.54) is 0 Å². The van der Waals surface area contributed by atoms with E-state index in [2.05, 4.69) is 30.1 Å². The van der Waals surface area contributed by atoms with Crippen LogP contribution in [0.15, 0.2) is 18.2 Å². The highest BCUT2D eigenvalue weighted by molar-refractivity contribution is 5.46. The molecule has 1 heterocycles. The van der Waals surface area contributed by atoms with Crippen LogP contribution < -0.4 is 14.8 Å². The van der Waals surface area contributed by atoms with Crippen molar-refractivity contribution < 1.29 is 14.2 Å². The highest BCUT2D eigenvalue weighted by atomic mass is 16.5. The summed E-state index contributed by atoms with van der Waals surface area (Å²) >= 11 is 0. The van der Waals surface area contributed by atoms with E-state index < -0.39 is 0 Å². The Kier molecular flexibility index (Phi) is 6.06. The van der Waals surface area contributed by atoms with Crippen molar-refractivity contribution in [1.29, 1.82) is 0 Å². The van der Waals surface area contributed by atoms with E-state index in [4.69, 9.17) is 14.2 Å². The van der Waals surface area contributed by atoms with Gasteiger partial charge in [-0.05, 0) is 19.9 Å². The second-order valence-electron chi connectivity index (χ2n) is 6.17. The number of hydrogen-bond donors (Lipinski definition) is 1. The first-order valence-corrected chi connectivity index (χ1v) is 7.82. The summed E-state index contributed by atoms with van der Waals surface area (Å²) in [6.07, 6.45) is 0. The third-order valence-corrected chi connectivity index (χ3v) is 4.22. The topological polar surface area (TPSA) is 43.0 Å². The molecule has 0 spiro atoms. The Labute approximate surface area is 133 Å². The van der Waals surface area contributed by atoms with Crippen molar-refractivity contribution in [1.82, 2.24) is 10.2 Å². The maximum atomic E-state index is 5.47. The standard InChI is InChI=1S/C17H28N2O3/c1-17(2,19-8-10-22-11-9-19)13-18-12-14-6-5-7-15(20-3)16(14)21-4/h5-7,18H,8-13H2,1-4H3. The van der Waals surface area contributed by atoms with E-state index in [0.717, 1.165) is 56.5 Å². The van der Waals surface area contributed by atoms with Crippen molar-refractivity contribution in [3.05, 3.63) is 23.8 Å². The molecule has 1 N–H and O–H groups in total. The molecule has 0 atom stereocenters. The van der Waals surface area contributed by atoms with Gasteiger partial charge in [-0.15, -0.1) is 0 Å². The van der Waals surface area contributed by atoms with Crippen LogP contribution in [-0.2, 0) is 11.3 Å². The van der Waals surface area contributed by atoms with Gasteiger partial charge in [-0.1, -0.05) is 12.1 Å². The summed E-state index contributed by atoms with van der Waals surface area (Å²) in [7, 11) is 3.34. The molecule has 1 aromatic carbocycles. The van der Waals surface area contributed by atoms with Crippen LogP contribution in [0.1, 0.15) is 19.4 Å². The molecule has 0 aliphatic carbocycles. The first-order chi connectivity index (χ1) is 10.6. The lowest BCUT2D eigenvalue weighted by molar-refractivity contribution is -0.00968. The molecule has 5 nitrogen and oxygen atoms in total. The summed E-state index contributed by atoms with van der Waals surface area (Å²) in [5.41, 5.74) is 1.22. The molecule has 0 amide bonds. The smallest absolute Gasteiger partial charge is 0.165 e. The van der Waals surface area contributed by atoms with Crippen LogP contribution in [0.5, 0.6) is 11.5 Å². The Morgan fingerprint density at radius 1 is 1.18 bits per heavy atom. The van der Waals surface area contributed by atoms with Crippen molar-refractivity contribution in [3.8, 4) is 11.5 Å². The van der Waals surface area contributed by atoms with Gasteiger partial charge in [0.1, 0.15) is 0 Å². The summed E-state index contributed by atoms with van der Waals surface area (Å²) in [4.78, 5) is 2.48. The minimum absolute atomic E-state index is 0.107. The fourth-order valence-electron chi connectivity index (χ4n) is 2.88. The molecule has 1 aromatic rings. The van der Waals surface area contributed by atoms with Crippen LogP contribution in [0.4, 0.5) is 0 Å². The highest BCUT2D eigenvalue weighted by Gasteiger charge is 2.27. The highest BCUT2D eigenvalue weighted by Crippen LogP contribution is 2.30. The molecule has 1 saturated heterocycles. The van der Waals surface area contributed by atoms with Crippen molar-refractivity contribution in [2.24, 2.45) is 0 Å². The van der Waals surface area contributed by atoms with Gasteiger partial charge in [0, 0.05) is 37.3 Å². The summed E-state index contributed by atoms with van der Waals surface area (Å²) in [6, 6.07) is 5.97. The predicted octanol–water partition coefficient (Wildman–Crippen LogP) is 1.90. The first-order valence-electron chi connectivity index (χ1n) is 7.82. The molecule has 5 heteroatoms. The zero-order chi connectivity index (χ0) is 16.0. The quantitative estimate of drug-likeness (QED) is 0.833. The number of benzene rings is 1. The lowest BCUT2D eigenvalue weighted by Crippen LogP contribution is -2.54. The number of ether oxygens (including phenoxy) is 3. The van der Waals surface area contributed by atoms with Crippen molar-refractivity contribution >= 4 is 0 Å². The fourth-order valence-corrected chi connectivity index (χ4v) is 2.88. The minimum Gasteiger partial charge on any atom is -0.493 e. The van der Waals surface area contributed by atoms with Gasteiger partial charge >= 0.3 is 0 Å². The second-order valence-corrected chi connectivity index (χ2v) is 6.17. The number of rotatable bonds is 7. The Balaban J connectivity index is 1.93. The van der Waals surface area contributed by atoms with Gasteiger partial charge in [0.05, 0.1) is 27.4 Å². The van der Waals surface area contributed by atoms with E-state index in [0.29, 0.717) is 0 Å². The van der Waals surface area contributed by atoms with Crippen molar-refractivity contribution in [3.63, 3.8) is 0 Å². The van der Waals surface area contributed by atoms with Crippen LogP contribution in [-0.4, -0.2) is 57.5 Å². The molecular formula is C17H28N2O3.